The second kappa shape index (κ2) is 11.9. The minimum atomic E-state index is -0.788. The Balaban J connectivity index is 1.82. The van der Waals surface area contributed by atoms with Gasteiger partial charge >= 0.3 is 0 Å². The highest BCUT2D eigenvalue weighted by atomic mass is 32.1. The minimum Gasteiger partial charge on any atom is -0.391 e. The van der Waals surface area contributed by atoms with Crippen molar-refractivity contribution >= 4 is 29.1 Å². The molecule has 38 heavy (non-hydrogen) atoms. The van der Waals surface area contributed by atoms with Gasteiger partial charge in [-0.15, -0.1) is 11.3 Å². The van der Waals surface area contributed by atoms with Gasteiger partial charge in [0, 0.05) is 45.2 Å². The lowest BCUT2D eigenvalue weighted by atomic mass is 9.85. The molecule has 0 saturated carbocycles. The van der Waals surface area contributed by atoms with E-state index in [1.807, 2.05) is 59.7 Å². The Bertz CT molecular complexity index is 1170. The van der Waals surface area contributed by atoms with Gasteiger partial charge in [0.25, 0.3) is 5.91 Å². The molecule has 9 nitrogen and oxygen atoms in total. The molecule has 0 radical (unpaired) electrons. The number of benzene rings is 1. The summed E-state index contributed by atoms with van der Waals surface area (Å²) in [6.07, 6.45) is -0.606. The first kappa shape index (κ1) is 29.7. The van der Waals surface area contributed by atoms with Crippen LogP contribution in [0.4, 0.5) is 0 Å². The van der Waals surface area contributed by atoms with Gasteiger partial charge < -0.3 is 25.5 Å². The third kappa shape index (κ3) is 6.78. The molecule has 3 N–H and O–H groups in total. The van der Waals surface area contributed by atoms with Crippen molar-refractivity contribution in [1.82, 2.24) is 25.4 Å². The molecule has 3 atom stereocenters. The van der Waals surface area contributed by atoms with E-state index in [0.29, 0.717) is 11.1 Å². The Hall–Kier alpha value is -2.82. The molecule has 0 unspecified atom stereocenters. The van der Waals surface area contributed by atoms with E-state index >= 15 is 0 Å². The zero-order chi connectivity index (χ0) is 28.4. The number of nitrogens with one attached hydrogen (secondary N) is 2. The number of carbonyl (C=O) groups excluding carboxylic acids is 3. The molecule has 1 aliphatic heterocycles. The number of likely N-dealkylation sites (tertiary alicyclic amines) is 1. The highest BCUT2D eigenvalue weighted by molar-refractivity contribution is 7.13. The van der Waals surface area contributed by atoms with Crippen molar-refractivity contribution in [2.24, 2.45) is 5.41 Å². The van der Waals surface area contributed by atoms with Gasteiger partial charge in [-0.25, -0.2) is 4.98 Å². The lowest BCUT2D eigenvalue weighted by molar-refractivity contribution is -0.142. The molecule has 3 rings (SSSR count). The molecule has 1 aliphatic rings. The molecule has 1 fully saturated rings. The van der Waals surface area contributed by atoms with Crippen molar-refractivity contribution in [3.8, 4) is 10.4 Å². The SMILES string of the molecule is Cc1ncsc1-c1ccc(CNC(=O)[C@@H]2C[C@@H](O)CN2C(=O)[C@@H](NC(C)C)C(C)(C)C)c(C(=O)N(C)C)c1. The first-order valence-electron chi connectivity index (χ1n) is 13.0. The molecule has 0 aliphatic carbocycles. The van der Waals surface area contributed by atoms with Crippen LogP contribution in [0, 0.1) is 12.3 Å². The smallest absolute Gasteiger partial charge is 0.253 e. The van der Waals surface area contributed by atoms with Gasteiger partial charge in [-0.3, -0.25) is 14.4 Å². The van der Waals surface area contributed by atoms with E-state index in [4.69, 9.17) is 0 Å². The quantitative estimate of drug-likeness (QED) is 0.472. The number of rotatable bonds is 8. The molecular formula is C28H41N5O4S. The summed E-state index contributed by atoms with van der Waals surface area (Å²) in [5.41, 5.74) is 4.35. The second-order valence-corrected chi connectivity index (χ2v) is 12.4. The maximum atomic E-state index is 13.6. The highest BCUT2D eigenvalue weighted by Gasteiger charge is 2.44. The standard InChI is InChI=1S/C28H41N5O4S/c1-16(2)31-24(28(4,5)6)27(37)33-14-20(34)12-22(33)25(35)29-13-19-10-9-18(23-17(3)30-15-38-23)11-21(19)26(36)32(7)8/h9-11,15-16,20,22,24,31,34H,12-14H2,1-8H3,(H,29,35)/t20-,22+,24-/m1/s1. The number of aliphatic hydroxyl groups is 1. The number of hydrogen-bond donors (Lipinski definition) is 3. The van der Waals surface area contributed by atoms with E-state index < -0.39 is 18.2 Å². The molecule has 1 saturated heterocycles. The van der Waals surface area contributed by atoms with Crippen LogP contribution in [0.1, 0.15) is 62.7 Å². The van der Waals surface area contributed by atoms with Crippen LogP contribution < -0.4 is 10.6 Å². The summed E-state index contributed by atoms with van der Waals surface area (Å²) in [5.74, 6) is -0.715. The lowest BCUT2D eigenvalue weighted by Crippen LogP contribution is -2.57. The largest absolute Gasteiger partial charge is 0.391 e. The maximum Gasteiger partial charge on any atom is 0.253 e. The van der Waals surface area contributed by atoms with E-state index in [9.17, 15) is 19.5 Å². The van der Waals surface area contributed by atoms with Crippen LogP contribution in [0.3, 0.4) is 0 Å². The summed E-state index contributed by atoms with van der Waals surface area (Å²) < 4.78 is 0. The van der Waals surface area contributed by atoms with Crippen molar-refractivity contribution < 1.29 is 19.5 Å². The van der Waals surface area contributed by atoms with Gasteiger partial charge in [0.15, 0.2) is 0 Å². The number of aromatic nitrogens is 1. The Labute approximate surface area is 229 Å². The Morgan fingerprint density at radius 2 is 1.92 bits per heavy atom. The molecule has 2 aromatic rings. The fourth-order valence-electron chi connectivity index (χ4n) is 4.69. The summed E-state index contributed by atoms with van der Waals surface area (Å²) in [6, 6.07) is 4.39. The van der Waals surface area contributed by atoms with E-state index in [-0.39, 0.29) is 48.7 Å². The number of hydrogen-bond acceptors (Lipinski definition) is 7. The third-order valence-corrected chi connectivity index (χ3v) is 7.66. The van der Waals surface area contributed by atoms with Crippen molar-refractivity contribution in [1.29, 1.82) is 0 Å². The van der Waals surface area contributed by atoms with Crippen LogP contribution in [0.25, 0.3) is 10.4 Å². The van der Waals surface area contributed by atoms with Crippen LogP contribution in [-0.2, 0) is 16.1 Å². The predicted octanol–water partition coefficient (Wildman–Crippen LogP) is 2.81. The monoisotopic (exact) mass is 543 g/mol. The first-order chi connectivity index (χ1) is 17.7. The Kier molecular flexibility index (Phi) is 9.33. The van der Waals surface area contributed by atoms with Crippen molar-refractivity contribution in [2.75, 3.05) is 20.6 Å². The summed E-state index contributed by atoms with van der Waals surface area (Å²) in [5, 5.41) is 16.6. The van der Waals surface area contributed by atoms with Gasteiger partial charge in [-0.05, 0) is 29.5 Å². The van der Waals surface area contributed by atoms with Crippen molar-refractivity contribution in [2.45, 2.75) is 78.7 Å². The second-order valence-electron chi connectivity index (χ2n) is 11.6. The summed E-state index contributed by atoms with van der Waals surface area (Å²) in [4.78, 5) is 48.2. The van der Waals surface area contributed by atoms with Gasteiger partial charge in [0.1, 0.15) is 6.04 Å². The van der Waals surface area contributed by atoms with Gasteiger partial charge in [0.05, 0.1) is 28.2 Å². The van der Waals surface area contributed by atoms with E-state index in [0.717, 1.165) is 16.1 Å². The number of nitrogens with zero attached hydrogens (tertiary/aromatic N) is 3. The predicted molar refractivity (Wildman–Crippen MR) is 150 cm³/mol. The highest BCUT2D eigenvalue weighted by Crippen LogP contribution is 2.30. The molecule has 10 heteroatoms. The summed E-state index contributed by atoms with van der Waals surface area (Å²) in [6.45, 7) is 12.0. The topological polar surface area (TPSA) is 115 Å². The molecule has 1 aromatic carbocycles. The zero-order valence-corrected chi connectivity index (χ0v) is 24.5. The van der Waals surface area contributed by atoms with Crippen LogP contribution in [-0.4, -0.2) is 82.5 Å². The molecule has 208 valence electrons. The Morgan fingerprint density at radius 1 is 1.24 bits per heavy atom. The zero-order valence-electron chi connectivity index (χ0n) is 23.7. The van der Waals surface area contributed by atoms with Crippen molar-refractivity contribution in [3.05, 3.63) is 40.5 Å². The number of amides is 3. The van der Waals surface area contributed by atoms with E-state index in [2.05, 4.69) is 15.6 Å². The summed E-state index contributed by atoms with van der Waals surface area (Å²) >= 11 is 1.51. The number of carbonyl (C=O) groups is 3. The number of aliphatic hydroxyl groups excluding tert-OH is 1. The molecular weight excluding hydrogens is 502 g/mol. The Morgan fingerprint density at radius 3 is 2.47 bits per heavy atom. The number of aryl methyl sites for hydroxylation is 1. The normalized spacial score (nSPS) is 18.5. The molecule has 0 spiro atoms. The van der Waals surface area contributed by atoms with Gasteiger partial charge in [0.2, 0.25) is 11.8 Å². The average molecular weight is 544 g/mol. The molecule has 3 amide bonds. The molecule has 2 heterocycles. The minimum absolute atomic E-state index is 0.0763. The number of thiazole rings is 1. The van der Waals surface area contributed by atoms with Crippen LogP contribution in [0.5, 0.6) is 0 Å². The molecule has 0 bridgehead atoms. The number of β-amino-alcohol motifs (C(OH)–C–C–N with tert-alkyl or cyclic N) is 1. The van der Waals surface area contributed by atoms with Crippen LogP contribution in [0.2, 0.25) is 0 Å². The maximum absolute atomic E-state index is 13.6. The third-order valence-electron chi connectivity index (χ3n) is 6.68. The van der Waals surface area contributed by atoms with Crippen molar-refractivity contribution in [3.63, 3.8) is 0 Å². The van der Waals surface area contributed by atoms with Crippen LogP contribution >= 0.6 is 11.3 Å². The fraction of sp³-hybridized carbons (Fsp3) is 0.571. The molecule has 1 aromatic heterocycles. The van der Waals surface area contributed by atoms with E-state index in [1.54, 1.807) is 19.6 Å². The average Bonchev–Trinajstić information content (AvgIpc) is 3.44. The lowest BCUT2D eigenvalue weighted by Gasteiger charge is -2.36. The fourth-order valence-corrected chi connectivity index (χ4v) is 5.49. The summed E-state index contributed by atoms with van der Waals surface area (Å²) in [7, 11) is 3.38. The van der Waals surface area contributed by atoms with Gasteiger partial charge in [-0.2, -0.15) is 0 Å². The van der Waals surface area contributed by atoms with Crippen LogP contribution in [0.15, 0.2) is 23.7 Å². The van der Waals surface area contributed by atoms with E-state index in [1.165, 1.54) is 21.1 Å². The van der Waals surface area contributed by atoms with Gasteiger partial charge in [-0.1, -0.05) is 46.8 Å². The first-order valence-corrected chi connectivity index (χ1v) is 13.9.